The van der Waals surface area contributed by atoms with E-state index >= 15 is 0 Å². The fourth-order valence-electron chi connectivity index (χ4n) is 3.48. The zero-order chi connectivity index (χ0) is 15.9. The lowest BCUT2D eigenvalue weighted by molar-refractivity contribution is 0.671. The van der Waals surface area contributed by atoms with Crippen molar-refractivity contribution < 1.29 is 0 Å². The molecule has 0 aliphatic heterocycles. The van der Waals surface area contributed by atoms with Crippen molar-refractivity contribution in [2.45, 2.75) is 6.54 Å². The topological polar surface area (TPSA) is 30.7 Å². The third-order valence-corrected chi connectivity index (χ3v) is 4.56. The Bertz CT molecular complexity index is 1170. The van der Waals surface area contributed by atoms with Gasteiger partial charge in [0.2, 0.25) is 0 Å². The smallest absolute Gasteiger partial charge is 0.121 e. The number of rotatable bonds is 2. The zero-order valence-corrected chi connectivity index (χ0v) is 13.1. The van der Waals surface area contributed by atoms with Gasteiger partial charge >= 0.3 is 0 Å². The first-order chi connectivity index (χ1) is 11.9. The van der Waals surface area contributed by atoms with Gasteiger partial charge in [-0.05, 0) is 16.3 Å². The molecule has 3 nitrogen and oxygen atoms in total. The number of aromatic nitrogens is 3. The van der Waals surface area contributed by atoms with Crippen LogP contribution in [0.25, 0.3) is 32.6 Å². The highest BCUT2D eigenvalue weighted by Gasteiger charge is 2.14. The molecule has 0 saturated carbocycles. The molecule has 0 fully saturated rings. The fraction of sp³-hybridized carbons (Fsp3) is 0.0476. The van der Waals surface area contributed by atoms with Crippen LogP contribution in [0, 0.1) is 0 Å². The molecule has 0 unspecified atom stereocenters. The molecule has 0 radical (unpaired) electrons. The monoisotopic (exact) mass is 309 g/mol. The van der Waals surface area contributed by atoms with Crippen LogP contribution in [0.1, 0.15) is 5.56 Å². The Morgan fingerprint density at radius 3 is 1.96 bits per heavy atom. The number of fused-ring (bicyclic) bond motifs is 6. The minimum atomic E-state index is 0.722. The first-order valence-corrected chi connectivity index (χ1v) is 8.08. The second-order valence-corrected chi connectivity index (χ2v) is 6.02. The minimum absolute atomic E-state index is 0.722. The van der Waals surface area contributed by atoms with Crippen molar-refractivity contribution in [1.29, 1.82) is 0 Å². The van der Waals surface area contributed by atoms with Gasteiger partial charge in [-0.1, -0.05) is 84.1 Å². The summed E-state index contributed by atoms with van der Waals surface area (Å²) in [4.78, 5) is 0. The maximum atomic E-state index is 4.51. The number of hydrogen-bond acceptors (Lipinski definition) is 2. The maximum absolute atomic E-state index is 4.51. The third kappa shape index (κ3) is 1.91. The van der Waals surface area contributed by atoms with E-state index in [0.717, 1.165) is 23.0 Å². The molecule has 0 bridgehead atoms. The highest BCUT2D eigenvalue weighted by atomic mass is 15.4. The summed E-state index contributed by atoms with van der Waals surface area (Å²) in [5.41, 5.74) is 3.30. The summed E-state index contributed by atoms with van der Waals surface area (Å²) in [5, 5.41) is 13.8. The van der Waals surface area contributed by atoms with Crippen LogP contribution in [0.3, 0.4) is 0 Å². The summed E-state index contributed by atoms with van der Waals surface area (Å²) in [7, 11) is 0. The molecule has 0 amide bonds. The van der Waals surface area contributed by atoms with Crippen molar-refractivity contribution in [3.63, 3.8) is 0 Å². The Morgan fingerprint density at radius 1 is 0.625 bits per heavy atom. The van der Waals surface area contributed by atoms with Gasteiger partial charge in [-0.15, -0.1) is 5.10 Å². The summed E-state index contributed by atoms with van der Waals surface area (Å²) in [6.07, 6.45) is 0. The lowest BCUT2D eigenvalue weighted by Gasteiger charge is -2.08. The number of hydrogen-bond donors (Lipinski definition) is 0. The first kappa shape index (κ1) is 13.3. The molecule has 5 rings (SSSR count). The molecule has 4 aromatic carbocycles. The van der Waals surface area contributed by atoms with Gasteiger partial charge in [0.1, 0.15) is 5.52 Å². The van der Waals surface area contributed by atoms with Gasteiger partial charge in [-0.25, -0.2) is 4.68 Å². The molecule has 5 aromatic rings. The van der Waals surface area contributed by atoms with Crippen molar-refractivity contribution >= 4 is 32.6 Å². The number of benzene rings is 4. The van der Waals surface area contributed by atoms with Gasteiger partial charge in [0, 0.05) is 10.8 Å². The standard InChI is InChI=1S/C21H15N3/c1-2-8-15(9-3-1)14-24-21-19-13-7-5-11-17(19)16-10-4-6-12-18(16)20(21)22-23-24/h1-13H,14H2. The van der Waals surface area contributed by atoms with Gasteiger partial charge in [0.15, 0.2) is 0 Å². The van der Waals surface area contributed by atoms with E-state index in [4.69, 9.17) is 0 Å². The van der Waals surface area contributed by atoms with Gasteiger partial charge < -0.3 is 0 Å². The molecule has 0 saturated heterocycles. The Hall–Kier alpha value is -3.20. The molecule has 24 heavy (non-hydrogen) atoms. The van der Waals surface area contributed by atoms with Crippen molar-refractivity contribution in [1.82, 2.24) is 15.0 Å². The quantitative estimate of drug-likeness (QED) is 0.439. The van der Waals surface area contributed by atoms with Crippen LogP contribution in [-0.4, -0.2) is 15.0 Å². The van der Waals surface area contributed by atoms with E-state index in [1.165, 1.54) is 21.7 Å². The van der Waals surface area contributed by atoms with E-state index in [0.29, 0.717) is 0 Å². The molecule has 3 heteroatoms. The molecule has 1 aromatic heterocycles. The van der Waals surface area contributed by atoms with Gasteiger partial charge in [-0.3, -0.25) is 0 Å². The van der Waals surface area contributed by atoms with E-state index in [1.807, 2.05) is 10.7 Å². The van der Waals surface area contributed by atoms with E-state index in [2.05, 4.69) is 83.1 Å². The lowest BCUT2D eigenvalue weighted by atomic mass is 10.00. The Kier molecular flexibility index (Phi) is 2.85. The summed E-state index contributed by atoms with van der Waals surface area (Å²) in [6.45, 7) is 0.722. The first-order valence-electron chi connectivity index (χ1n) is 8.08. The molecule has 0 N–H and O–H groups in total. The summed E-state index contributed by atoms with van der Waals surface area (Å²) in [6, 6.07) is 27.3. The maximum Gasteiger partial charge on any atom is 0.121 e. The lowest BCUT2D eigenvalue weighted by Crippen LogP contribution is -2.02. The fourth-order valence-corrected chi connectivity index (χ4v) is 3.48. The molecular weight excluding hydrogens is 294 g/mol. The molecular formula is C21H15N3. The second kappa shape index (κ2) is 5.17. The summed E-state index contributed by atoms with van der Waals surface area (Å²) < 4.78 is 2.01. The Balaban J connectivity index is 1.88. The van der Waals surface area contributed by atoms with Crippen LogP contribution in [-0.2, 0) is 6.54 Å². The largest absolute Gasteiger partial charge is 0.240 e. The second-order valence-electron chi connectivity index (χ2n) is 6.02. The average Bonchev–Trinajstić information content (AvgIpc) is 3.07. The van der Waals surface area contributed by atoms with Crippen LogP contribution in [0.4, 0.5) is 0 Å². The normalized spacial score (nSPS) is 11.5. The highest BCUT2D eigenvalue weighted by molar-refractivity contribution is 6.23. The minimum Gasteiger partial charge on any atom is -0.240 e. The van der Waals surface area contributed by atoms with Crippen molar-refractivity contribution in [2.75, 3.05) is 0 Å². The van der Waals surface area contributed by atoms with Crippen LogP contribution < -0.4 is 0 Å². The predicted molar refractivity (Wildman–Crippen MR) is 98.1 cm³/mol. The van der Waals surface area contributed by atoms with Crippen LogP contribution >= 0.6 is 0 Å². The predicted octanol–water partition coefficient (Wildman–Crippen LogP) is 4.79. The average molecular weight is 309 g/mol. The van der Waals surface area contributed by atoms with Gasteiger partial charge in [-0.2, -0.15) is 0 Å². The molecule has 114 valence electrons. The molecule has 0 aliphatic rings. The molecule has 0 spiro atoms. The SMILES string of the molecule is c1ccc(Cn2nnc3c4ccccc4c4ccccc4c32)cc1. The Morgan fingerprint density at radius 2 is 1.21 bits per heavy atom. The van der Waals surface area contributed by atoms with Gasteiger partial charge in [0.25, 0.3) is 0 Å². The van der Waals surface area contributed by atoms with Crippen molar-refractivity contribution in [2.24, 2.45) is 0 Å². The zero-order valence-electron chi connectivity index (χ0n) is 13.1. The van der Waals surface area contributed by atoms with Crippen LogP contribution in [0.15, 0.2) is 78.9 Å². The van der Waals surface area contributed by atoms with E-state index < -0.39 is 0 Å². The van der Waals surface area contributed by atoms with Gasteiger partial charge in [0.05, 0.1) is 12.1 Å². The van der Waals surface area contributed by atoms with Crippen LogP contribution in [0.5, 0.6) is 0 Å². The van der Waals surface area contributed by atoms with Crippen LogP contribution in [0.2, 0.25) is 0 Å². The molecule has 0 atom stereocenters. The summed E-state index contributed by atoms with van der Waals surface area (Å²) in [5.74, 6) is 0. The van der Waals surface area contributed by atoms with E-state index in [9.17, 15) is 0 Å². The number of nitrogens with zero attached hydrogens (tertiary/aromatic N) is 3. The highest BCUT2D eigenvalue weighted by Crippen LogP contribution is 2.33. The third-order valence-electron chi connectivity index (χ3n) is 4.56. The molecule has 0 aliphatic carbocycles. The Labute approximate surface area is 139 Å². The summed E-state index contributed by atoms with van der Waals surface area (Å²) >= 11 is 0. The van der Waals surface area contributed by atoms with E-state index in [1.54, 1.807) is 0 Å². The van der Waals surface area contributed by atoms with Crippen molar-refractivity contribution in [3.05, 3.63) is 84.4 Å². The molecule has 1 heterocycles. The van der Waals surface area contributed by atoms with E-state index in [-0.39, 0.29) is 0 Å². The van der Waals surface area contributed by atoms with Crippen molar-refractivity contribution in [3.8, 4) is 0 Å².